The molecule has 0 atom stereocenters. The van der Waals surface area contributed by atoms with Gasteiger partial charge in [-0.1, -0.05) is 0 Å². The fraction of sp³-hybridized carbons (Fsp3) is 0.111. The number of aromatic nitrogens is 2. The SMILES string of the molecule is COc1ccc2[nH]c(C(F)(F)F)c(/C=C/C(=O)c3ccncc3)c2c1. The van der Waals surface area contributed by atoms with E-state index in [1.165, 1.54) is 49.8 Å². The zero-order chi connectivity index (χ0) is 18.0. The van der Waals surface area contributed by atoms with Crippen molar-refractivity contribution in [3.63, 3.8) is 0 Å². The number of nitrogens with one attached hydrogen (secondary N) is 1. The average Bonchev–Trinajstić information content (AvgIpc) is 2.98. The molecule has 4 nitrogen and oxygen atoms in total. The Bertz CT molecular complexity index is 944. The molecule has 0 saturated carbocycles. The van der Waals surface area contributed by atoms with Crippen LogP contribution in [0.1, 0.15) is 21.6 Å². The van der Waals surface area contributed by atoms with Gasteiger partial charge >= 0.3 is 6.18 Å². The van der Waals surface area contributed by atoms with Gasteiger partial charge in [0.15, 0.2) is 5.78 Å². The number of allylic oxidation sites excluding steroid dienone is 1. The third-order valence-corrected chi connectivity index (χ3v) is 3.70. The maximum atomic E-state index is 13.3. The second-order valence-corrected chi connectivity index (χ2v) is 5.26. The number of H-pyrrole nitrogens is 1. The largest absolute Gasteiger partial charge is 0.497 e. The van der Waals surface area contributed by atoms with Crippen LogP contribution >= 0.6 is 0 Å². The van der Waals surface area contributed by atoms with E-state index in [1.54, 1.807) is 6.07 Å². The molecule has 128 valence electrons. The molecule has 25 heavy (non-hydrogen) atoms. The van der Waals surface area contributed by atoms with Gasteiger partial charge in [0.25, 0.3) is 0 Å². The van der Waals surface area contributed by atoms with Gasteiger partial charge in [-0.25, -0.2) is 0 Å². The zero-order valence-electron chi connectivity index (χ0n) is 13.1. The summed E-state index contributed by atoms with van der Waals surface area (Å²) in [4.78, 5) is 18.3. The first kappa shape index (κ1) is 16.8. The van der Waals surface area contributed by atoms with Gasteiger partial charge in [0.2, 0.25) is 0 Å². The molecular weight excluding hydrogens is 333 g/mol. The standard InChI is InChI=1S/C18H13F3N2O2/c1-25-12-2-4-15-14(10-12)13(17(23-15)18(19,20)21)3-5-16(24)11-6-8-22-9-7-11/h2-10,23H,1H3/b5-3+. The summed E-state index contributed by atoms with van der Waals surface area (Å²) < 4.78 is 45.1. The molecule has 0 radical (unpaired) electrons. The van der Waals surface area contributed by atoms with Crippen molar-refractivity contribution in [2.24, 2.45) is 0 Å². The molecule has 0 aliphatic heterocycles. The van der Waals surface area contributed by atoms with Crippen LogP contribution in [0, 0.1) is 0 Å². The smallest absolute Gasteiger partial charge is 0.431 e. The second kappa shape index (κ2) is 6.43. The molecule has 1 aromatic carbocycles. The number of benzene rings is 1. The lowest BCUT2D eigenvalue weighted by Gasteiger charge is -2.05. The first-order chi connectivity index (χ1) is 11.9. The first-order valence-electron chi connectivity index (χ1n) is 7.29. The highest BCUT2D eigenvalue weighted by atomic mass is 19.4. The molecule has 2 aromatic heterocycles. The minimum Gasteiger partial charge on any atom is -0.497 e. The van der Waals surface area contributed by atoms with Gasteiger partial charge in [-0.15, -0.1) is 0 Å². The van der Waals surface area contributed by atoms with E-state index in [1.807, 2.05) is 0 Å². The predicted octanol–water partition coefficient (Wildman–Crippen LogP) is 4.49. The van der Waals surface area contributed by atoms with Gasteiger partial charge in [0.1, 0.15) is 11.4 Å². The molecule has 0 amide bonds. The summed E-state index contributed by atoms with van der Waals surface area (Å²) >= 11 is 0. The minimum absolute atomic E-state index is 0.108. The molecule has 0 aliphatic carbocycles. The van der Waals surface area contributed by atoms with Crippen molar-refractivity contribution >= 4 is 22.8 Å². The van der Waals surface area contributed by atoms with Crippen molar-refractivity contribution < 1.29 is 22.7 Å². The molecule has 2 heterocycles. The monoisotopic (exact) mass is 346 g/mol. The van der Waals surface area contributed by atoms with Crippen molar-refractivity contribution in [3.05, 3.63) is 65.6 Å². The Balaban J connectivity index is 2.09. The number of ether oxygens (including phenoxy) is 1. The minimum atomic E-state index is -4.58. The van der Waals surface area contributed by atoms with E-state index < -0.39 is 17.7 Å². The highest BCUT2D eigenvalue weighted by molar-refractivity contribution is 6.08. The Hall–Kier alpha value is -3.09. The molecule has 3 aromatic rings. The van der Waals surface area contributed by atoms with Gasteiger partial charge in [-0.2, -0.15) is 13.2 Å². The van der Waals surface area contributed by atoms with Gasteiger partial charge < -0.3 is 9.72 Å². The fourth-order valence-corrected chi connectivity index (χ4v) is 2.49. The van der Waals surface area contributed by atoms with Crippen LogP contribution in [0.25, 0.3) is 17.0 Å². The maximum absolute atomic E-state index is 13.3. The molecule has 0 fully saturated rings. The Kier molecular flexibility index (Phi) is 4.31. The van der Waals surface area contributed by atoms with Crippen LogP contribution in [0.15, 0.2) is 48.8 Å². The van der Waals surface area contributed by atoms with Crippen LogP contribution in [0.4, 0.5) is 13.2 Å². The molecular formula is C18H13F3N2O2. The van der Waals surface area contributed by atoms with E-state index in [0.717, 1.165) is 6.08 Å². The lowest BCUT2D eigenvalue weighted by Crippen LogP contribution is -2.07. The number of nitrogens with zero attached hydrogens (tertiary/aromatic N) is 1. The number of pyridine rings is 1. The summed E-state index contributed by atoms with van der Waals surface area (Å²) in [6.45, 7) is 0. The maximum Gasteiger partial charge on any atom is 0.431 e. The zero-order valence-corrected chi connectivity index (χ0v) is 13.1. The van der Waals surface area contributed by atoms with Gasteiger partial charge in [-0.05, 0) is 42.5 Å². The van der Waals surface area contributed by atoms with Crippen LogP contribution in [-0.2, 0) is 6.18 Å². The number of hydrogen-bond donors (Lipinski definition) is 1. The van der Waals surface area contributed by atoms with Crippen molar-refractivity contribution in [1.82, 2.24) is 9.97 Å². The third-order valence-electron chi connectivity index (χ3n) is 3.70. The Morgan fingerprint density at radius 2 is 1.92 bits per heavy atom. The van der Waals surface area contributed by atoms with Gasteiger partial charge in [-0.3, -0.25) is 9.78 Å². The lowest BCUT2D eigenvalue weighted by atomic mass is 10.1. The van der Waals surface area contributed by atoms with Crippen LogP contribution < -0.4 is 4.74 Å². The number of carbonyl (C=O) groups is 1. The fourth-order valence-electron chi connectivity index (χ4n) is 2.49. The number of hydrogen-bond acceptors (Lipinski definition) is 3. The van der Waals surface area contributed by atoms with Crippen LogP contribution in [0.2, 0.25) is 0 Å². The third kappa shape index (κ3) is 3.40. The van der Waals surface area contributed by atoms with Crippen LogP contribution in [0.3, 0.4) is 0 Å². The van der Waals surface area contributed by atoms with Crippen molar-refractivity contribution in [2.45, 2.75) is 6.18 Å². The molecule has 0 bridgehead atoms. The number of halogens is 3. The Morgan fingerprint density at radius 1 is 1.20 bits per heavy atom. The molecule has 7 heteroatoms. The van der Waals surface area contributed by atoms with Gasteiger partial charge in [0, 0.05) is 34.4 Å². The summed E-state index contributed by atoms with van der Waals surface area (Å²) in [5, 5.41) is 0.324. The topological polar surface area (TPSA) is 55.0 Å². The van der Waals surface area contributed by atoms with Gasteiger partial charge in [0.05, 0.1) is 7.11 Å². The lowest BCUT2D eigenvalue weighted by molar-refractivity contribution is -0.140. The molecule has 1 N–H and O–H groups in total. The number of fused-ring (bicyclic) bond motifs is 1. The summed E-state index contributed by atoms with van der Waals surface area (Å²) in [6, 6.07) is 7.56. The van der Waals surface area contributed by atoms with Crippen molar-refractivity contribution in [2.75, 3.05) is 7.11 Å². The molecule has 0 aliphatic rings. The highest BCUT2D eigenvalue weighted by Crippen LogP contribution is 2.37. The molecule has 3 rings (SSSR count). The van der Waals surface area contributed by atoms with E-state index in [-0.39, 0.29) is 5.56 Å². The quantitative estimate of drug-likeness (QED) is 0.559. The number of aromatic amines is 1. The first-order valence-corrected chi connectivity index (χ1v) is 7.29. The Labute approximate surface area is 141 Å². The van der Waals surface area contributed by atoms with E-state index in [2.05, 4.69) is 9.97 Å². The predicted molar refractivity (Wildman–Crippen MR) is 87.5 cm³/mol. The number of alkyl halides is 3. The number of methoxy groups -OCH3 is 1. The van der Waals surface area contributed by atoms with Crippen LogP contribution in [-0.4, -0.2) is 22.9 Å². The Morgan fingerprint density at radius 3 is 2.56 bits per heavy atom. The van der Waals surface area contributed by atoms with E-state index >= 15 is 0 Å². The average molecular weight is 346 g/mol. The van der Waals surface area contributed by atoms with Crippen LogP contribution in [0.5, 0.6) is 5.75 Å². The van der Waals surface area contributed by atoms with Crippen molar-refractivity contribution in [1.29, 1.82) is 0 Å². The second-order valence-electron chi connectivity index (χ2n) is 5.26. The number of carbonyl (C=O) groups excluding carboxylic acids is 1. The molecule has 0 spiro atoms. The van der Waals surface area contributed by atoms with E-state index in [9.17, 15) is 18.0 Å². The van der Waals surface area contributed by atoms with E-state index in [4.69, 9.17) is 4.74 Å². The summed E-state index contributed by atoms with van der Waals surface area (Å²) in [6.07, 6.45) is 0.597. The van der Waals surface area contributed by atoms with E-state index in [0.29, 0.717) is 22.2 Å². The summed E-state index contributed by atoms with van der Waals surface area (Å²) in [5.74, 6) is 0.0168. The number of rotatable bonds is 4. The number of ketones is 1. The molecule has 0 unspecified atom stereocenters. The molecule has 0 saturated heterocycles. The summed E-state index contributed by atoms with van der Waals surface area (Å²) in [5.41, 5.74) is -0.361. The normalized spacial score (nSPS) is 12.0. The highest BCUT2D eigenvalue weighted by Gasteiger charge is 2.35. The van der Waals surface area contributed by atoms with Crippen molar-refractivity contribution in [3.8, 4) is 5.75 Å². The summed E-state index contributed by atoms with van der Waals surface area (Å²) in [7, 11) is 1.43.